The highest BCUT2D eigenvalue weighted by Crippen LogP contribution is 2.33. The second-order valence-electron chi connectivity index (χ2n) is 7.69. The van der Waals surface area contributed by atoms with Crippen LogP contribution in [0.2, 0.25) is 0 Å². The van der Waals surface area contributed by atoms with E-state index >= 15 is 0 Å². The molecule has 0 N–H and O–H groups in total. The monoisotopic (exact) mass is 379 g/mol. The summed E-state index contributed by atoms with van der Waals surface area (Å²) in [5.41, 5.74) is 5.30. The summed E-state index contributed by atoms with van der Waals surface area (Å²) in [6.45, 7) is 11.4. The molecule has 1 fully saturated rings. The zero-order valence-corrected chi connectivity index (χ0v) is 16.9. The molecule has 0 unspecified atom stereocenters. The average Bonchev–Trinajstić information content (AvgIpc) is 2.74. The molecule has 5 nitrogen and oxygen atoms in total. The molecule has 28 heavy (non-hydrogen) atoms. The van der Waals surface area contributed by atoms with Gasteiger partial charge in [-0.3, -0.25) is 9.69 Å². The maximum atomic E-state index is 13.2. The van der Waals surface area contributed by atoms with Crippen molar-refractivity contribution in [1.82, 2.24) is 4.90 Å². The highest BCUT2D eigenvalue weighted by Gasteiger charge is 2.27. The minimum absolute atomic E-state index is 0.0865. The first-order valence-electron chi connectivity index (χ1n) is 10.2. The fourth-order valence-electron chi connectivity index (χ4n) is 3.98. The first-order valence-corrected chi connectivity index (χ1v) is 10.2. The molecule has 1 amide bonds. The Hall–Kier alpha value is -2.37. The van der Waals surface area contributed by atoms with E-state index in [-0.39, 0.29) is 5.91 Å². The van der Waals surface area contributed by atoms with Crippen molar-refractivity contribution in [2.24, 2.45) is 0 Å². The molecule has 0 bridgehead atoms. The number of nitrogens with zero attached hydrogens (tertiary/aromatic N) is 3. The Balaban J connectivity index is 1.52. The molecule has 2 aliphatic rings. The molecule has 0 spiro atoms. The molecule has 2 heterocycles. The molecule has 2 aromatic rings. The molecule has 1 saturated heterocycles. The largest absolute Gasteiger partial charge is 0.379 e. The molecule has 2 aromatic carbocycles. The van der Waals surface area contributed by atoms with E-state index in [1.165, 1.54) is 5.56 Å². The minimum Gasteiger partial charge on any atom is -0.379 e. The molecule has 5 heteroatoms. The number of ether oxygens (including phenoxy) is 1. The van der Waals surface area contributed by atoms with Crippen molar-refractivity contribution in [2.45, 2.75) is 13.8 Å². The summed E-state index contributed by atoms with van der Waals surface area (Å²) in [4.78, 5) is 20.0. The van der Waals surface area contributed by atoms with Crippen LogP contribution in [-0.4, -0.2) is 63.3 Å². The number of morpholine rings is 1. The molecule has 0 aliphatic carbocycles. The van der Waals surface area contributed by atoms with Gasteiger partial charge in [0.15, 0.2) is 0 Å². The van der Waals surface area contributed by atoms with E-state index in [4.69, 9.17) is 4.74 Å². The zero-order valence-electron chi connectivity index (χ0n) is 16.9. The summed E-state index contributed by atoms with van der Waals surface area (Å²) in [7, 11) is 0. The van der Waals surface area contributed by atoms with E-state index in [0.717, 1.165) is 68.4 Å². The van der Waals surface area contributed by atoms with Crippen LogP contribution >= 0.6 is 0 Å². The van der Waals surface area contributed by atoms with Gasteiger partial charge in [-0.15, -0.1) is 0 Å². The normalized spacial score (nSPS) is 17.5. The molecule has 2 aliphatic heterocycles. The summed E-state index contributed by atoms with van der Waals surface area (Å²) in [6.07, 6.45) is 0. The number of amides is 1. The van der Waals surface area contributed by atoms with E-state index in [9.17, 15) is 4.79 Å². The van der Waals surface area contributed by atoms with Crippen LogP contribution in [0.4, 0.5) is 11.4 Å². The SMILES string of the molecule is Cc1ccc(C(=O)N2CCN(CCN3CCOCC3)c3ccccc32)cc1C. The number of fused-ring (bicyclic) bond motifs is 1. The lowest BCUT2D eigenvalue weighted by Gasteiger charge is -2.39. The number of hydrogen-bond donors (Lipinski definition) is 0. The number of hydrogen-bond acceptors (Lipinski definition) is 4. The van der Waals surface area contributed by atoms with Crippen molar-refractivity contribution < 1.29 is 9.53 Å². The van der Waals surface area contributed by atoms with Gasteiger partial charge in [-0.2, -0.15) is 0 Å². The van der Waals surface area contributed by atoms with E-state index in [2.05, 4.69) is 41.8 Å². The number of aryl methyl sites for hydroxylation is 2. The predicted octanol–water partition coefficient (Wildman–Crippen LogP) is 3.10. The van der Waals surface area contributed by atoms with Gasteiger partial charge < -0.3 is 14.5 Å². The van der Waals surface area contributed by atoms with Gasteiger partial charge in [0.2, 0.25) is 0 Å². The Morgan fingerprint density at radius 3 is 2.39 bits per heavy atom. The fraction of sp³-hybridized carbons (Fsp3) is 0.435. The van der Waals surface area contributed by atoms with E-state index in [0.29, 0.717) is 6.54 Å². The van der Waals surface area contributed by atoms with Gasteiger partial charge >= 0.3 is 0 Å². The predicted molar refractivity (Wildman–Crippen MR) is 114 cm³/mol. The molecule has 0 aromatic heterocycles. The zero-order chi connectivity index (χ0) is 19.5. The third-order valence-electron chi connectivity index (χ3n) is 5.90. The molecule has 0 radical (unpaired) electrons. The van der Waals surface area contributed by atoms with Crippen LogP contribution in [0, 0.1) is 13.8 Å². The van der Waals surface area contributed by atoms with Crippen LogP contribution in [0.1, 0.15) is 21.5 Å². The van der Waals surface area contributed by atoms with Gasteiger partial charge in [0.05, 0.1) is 24.6 Å². The average molecular weight is 380 g/mol. The number of carbonyl (C=O) groups excluding carboxylic acids is 1. The van der Waals surface area contributed by atoms with Gasteiger partial charge in [0.25, 0.3) is 5.91 Å². The fourth-order valence-corrected chi connectivity index (χ4v) is 3.98. The van der Waals surface area contributed by atoms with Crippen molar-refractivity contribution in [1.29, 1.82) is 0 Å². The highest BCUT2D eigenvalue weighted by atomic mass is 16.5. The lowest BCUT2D eigenvalue weighted by Crippen LogP contribution is -2.47. The first kappa shape index (κ1) is 19.0. The Morgan fingerprint density at radius 1 is 0.893 bits per heavy atom. The number of carbonyl (C=O) groups is 1. The third-order valence-corrected chi connectivity index (χ3v) is 5.90. The van der Waals surface area contributed by atoms with Crippen LogP contribution in [0.15, 0.2) is 42.5 Å². The maximum Gasteiger partial charge on any atom is 0.258 e. The van der Waals surface area contributed by atoms with Gasteiger partial charge in [-0.25, -0.2) is 0 Å². The van der Waals surface area contributed by atoms with Gasteiger partial charge in [-0.05, 0) is 49.2 Å². The van der Waals surface area contributed by atoms with Crippen LogP contribution in [0.5, 0.6) is 0 Å². The number of para-hydroxylation sites is 2. The Bertz CT molecular complexity index is 845. The van der Waals surface area contributed by atoms with Crippen molar-refractivity contribution in [3.05, 3.63) is 59.2 Å². The van der Waals surface area contributed by atoms with Crippen LogP contribution in [0.3, 0.4) is 0 Å². The number of anilines is 2. The second kappa shape index (κ2) is 8.33. The van der Waals surface area contributed by atoms with Crippen molar-refractivity contribution in [3.8, 4) is 0 Å². The molecule has 4 rings (SSSR count). The van der Waals surface area contributed by atoms with Gasteiger partial charge in [0.1, 0.15) is 0 Å². The minimum atomic E-state index is 0.0865. The summed E-state index contributed by atoms with van der Waals surface area (Å²) in [6, 6.07) is 14.3. The van der Waals surface area contributed by atoms with Crippen molar-refractivity contribution in [3.63, 3.8) is 0 Å². The second-order valence-corrected chi connectivity index (χ2v) is 7.69. The molecular formula is C23H29N3O2. The number of benzene rings is 2. The Labute approximate surface area is 167 Å². The number of rotatable bonds is 4. The Morgan fingerprint density at radius 2 is 1.64 bits per heavy atom. The standard InChI is InChI=1S/C23H29N3O2/c1-18-7-8-20(17-19(18)2)23(27)26-12-11-25(21-5-3-4-6-22(21)26)10-9-24-13-15-28-16-14-24/h3-8,17H,9-16H2,1-2H3. The third kappa shape index (κ3) is 3.91. The van der Waals surface area contributed by atoms with E-state index < -0.39 is 0 Å². The smallest absolute Gasteiger partial charge is 0.258 e. The van der Waals surface area contributed by atoms with Gasteiger partial charge in [-0.1, -0.05) is 18.2 Å². The van der Waals surface area contributed by atoms with Gasteiger partial charge in [0, 0.05) is 44.8 Å². The first-order chi connectivity index (χ1) is 13.6. The molecular weight excluding hydrogens is 350 g/mol. The quantitative estimate of drug-likeness (QED) is 0.818. The van der Waals surface area contributed by atoms with E-state index in [1.807, 2.05) is 29.2 Å². The lowest BCUT2D eigenvalue weighted by molar-refractivity contribution is 0.0391. The summed E-state index contributed by atoms with van der Waals surface area (Å²) < 4.78 is 5.45. The van der Waals surface area contributed by atoms with Crippen LogP contribution < -0.4 is 9.80 Å². The van der Waals surface area contributed by atoms with E-state index in [1.54, 1.807) is 0 Å². The van der Waals surface area contributed by atoms with Crippen molar-refractivity contribution >= 4 is 17.3 Å². The molecule has 148 valence electrons. The summed E-state index contributed by atoms with van der Waals surface area (Å²) in [5, 5.41) is 0. The molecule has 0 saturated carbocycles. The summed E-state index contributed by atoms with van der Waals surface area (Å²) >= 11 is 0. The van der Waals surface area contributed by atoms with Crippen LogP contribution in [0.25, 0.3) is 0 Å². The molecule has 0 atom stereocenters. The van der Waals surface area contributed by atoms with Crippen molar-refractivity contribution in [2.75, 3.05) is 62.3 Å². The Kier molecular flexibility index (Phi) is 5.64. The maximum absolute atomic E-state index is 13.2. The van der Waals surface area contributed by atoms with Crippen LogP contribution in [-0.2, 0) is 4.74 Å². The topological polar surface area (TPSA) is 36.0 Å². The lowest BCUT2D eigenvalue weighted by atomic mass is 10.0. The highest BCUT2D eigenvalue weighted by molar-refractivity contribution is 6.08. The summed E-state index contributed by atoms with van der Waals surface area (Å²) in [5.74, 6) is 0.0865.